The molecule has 0 aliphatic carbocycles. The summed E-state index contributed by atoms with van der Waals surface area (Å²) in [6.45, 7) is 2.42. The van der Waals surface area contributed by atoms with Crippen LogP contribution in [0.3, 0.4) is 0 Å². The van der Waals surface area contributed by atoms with Gasteiger partial charge in [-0.25, -0.2) is 0 Å². The van der Waals surface area contributed by atoms with Gasteiger partial charge in [0.05, 0.1) is 6.61 Å². The minimum Gasteiger partial charge on any atom is -0.338 e. The summed E-state index contributed by atoms with van der Waals surface area (Å²) in [6.07, 6.45) is 0. The molecule has 1 aromatic carbocycles. The summed E-state index contributed by atoms with van der Waals surface area (Å²) in [5.41, 5.74) is 0. The molecule has 0 fully saturated rings. The molecule has 0 amide bonds. The van der Waals surface area contributed by atoms with Crippen LogP contribution >= 0.6 is 0 Å². The van der Waals surface area contributed by atoms with Gasteiger partial charge in [-0.2, -0.15) is 4.89 Å². The monoisotopic (exact) mass is 137 g/mol. The maximum atomic E-state index is 4.84. The highest BCUT2D eigenvalue weighted by molar-refractivity contribution is 5.19. The van der Waals surface area contributed by atoms with E-state index in [4.69, 9.17) is 9.78 Å². The molecule has 0 spiro atoms. The van der Waals surface area contributed by atoms with Gasteiger partial charge >= 0.3 is 0 Å². The van der Waals surface area contributed by atoms with E-state index in [9.17, 15) is 0 Å². The lowest BCUT2D eigenvalue weighted by Crippen LogP contribution is -1.94. The summed E-state index contributed by atoms with van der Waals surface area (Å²) in [6, 6.07) is 9.99. The fourth-order valence-corrected chi connectivity index (χ4v) is 0.554. The van der Waals surface area contributed by atoms with Crippen molar-refractivity contribution < 1.29 is 9.78 Å². The third kappa shape index (κ3) is 2.07. The Hall–Kier alpha value is -1.02. The van der Waals surface area contributed by atoms with Crippen LogP contribution in [0.2, 0.25) is 0 Å². The van der Waals surface area contributed by atoms with Crippen LogP contribution in [0.25, 0.3) is 0 Å². The Morgan fingerprint density at radius 2 is 2.10 bits per heavy atom. The van der Waals surface area contributed by atoms with Crippen molar-refractivity contribution in [3.8, 4) is 5.75 Å². The van der Waals surface area contributed by atoms with Crippen molar-refractivity contribution in [2.45, 2.75) is 6.92 Å². The Labute approximate surface area is 60.3 Å². The molecule has 2 nitrogen and oxygen atoms in total. The van der Waals surface area contributed by atoms with Crippen LogP contribution in [0.4, 0.5) is 0 Å². The average molecular weight is 137 g/mol. The Kier molecular flexibility index (Phi) is 2.77. The van der Waals surface area contributed by atoms with Gasteiger partial charge in [0.25, 0.3) is 0 Å². The number of hydrogen-bond acceptors (Lipinski definition) is 2. The minimum absolute atomic E-state index is 0.554. The first-order valence-electron chi connectivity index (χ1n) is 3.19. The lowest BCUT2D eigenvalue weighted by molar-refractivity contribution is -0.202. The SMILES string of the molecule is CCOOc1cc[c]cc1. The summed E-state index contributed by atoms with van der Waals surface area (Å²) in [5.74, 6) is 0.709. The third-order valence-electron chi connectivity index (χ3n) is 0.961. The van der Waals surface area contributed by atoms with E-state index < -0.39 is 0 Å². The average Bonchev–Trinajstić information content (AvgIpc) is 2.03. The summed E-state index contributed by atoms with van der Waals surface area (Å²) < 4.78 is 0. The topological polar surface area (TPSA) is 18.5 Å². The second-order valence-corrected chi connectivity index (χ2v) is 1.73. The van der Waals surface area contributed by atoms with Crippen molar-refractivity contribution in [1.82, 2.24) is 0 Å². The summed E-state index contributed by atoms with van der Waals surface area (Å²) >= 11 is 0. The van der Waals surface area contributed by atoms with Gasteiger partial charge < -0.3 is 4.89 Å². The normalized spacial score (nSPS) is 9.30. The lowest BCUT2D eigenvalue weighted by atomic mass is 10.3. The summed E-state index contributed by atoms with van der Waals surface area (Å²) in [7, 11) is 0. The standard InChI is InChI=1S/C8H9O2/c1-2-9-10-8-6-4-3-5-7-8/h4-7H,2H2,1H3. The smallest absolute Gasteiger partial charge is 0.165 e. The van der Waals surface area contributed by atoms with E-state index in [1.54, 1.807) is 24.3 Å². The zero-order valence-electron chi connectivity index (χ0n) is 5.83. The van der Waals surface area contributed by atoms with Crippen molar-refractivity contribution in [2.75, 3.05) is 6.61 Å². The van der Waals surface area contributed by atoms with Crippen LogP contribution in [0.1, 0.15) is 6.92 Å². The van der Waals surface area contributed by atoms with Crippen molar-refractivity contribution in [2.24, 2.45) is 0 Å². The van der Waals surface area contributed by atoms with Gasteiger partial charge in [-0.05, 0) is 25.1 Å². The fraction of sp³-hybridized carbons (Fsp3) is 0.250. The molecule has 0 aliphatic rings. The summed E-state index contributed by atoms with van der Waals surface area (Å²) in [4.78, 5) is 9.54. The van der Waals surface area contributed by atoms with E-state index in [-0.39, 0.29) is 0 Å². The Bertz CT molecular complexity index is 172. The number of hydrogen-bond donors (Lipinski definition) is 0. The van der Waals surface area contributed by atoms with Gasteiger partial charge in [-0.15, -0.1) is 0 Å². The molecule has 0 saturated heterocycles. The Morgan fingerprint density at radius 1 is 1.40 bits per heavy atom. The van der Waals surface area contributed by atoms with Gasteiger partial charge in [-0.3, -0.25) is 0 Å². The molecule has 0 atom stereocenters. The molecule has 0 aromatic heterocycles. The Balaban J connectivity index is 2.43. The van der Waals surface area contributed by atoms with Crippen molar-refractivity contribution >= 4 is 0 Å². The van der Waals surface area contributed by atoms with Crippen LogP contribution in [0.5, 0.6) is 5.75 Å². The second-order valence-electron chi connectivity index (χ2n) is 1.73. The quantitative estimate of drug-likeness (QED) is 0.467. The van der Waals surface area contributed by atoms with Gasteiger partial charge in [0.2, 0.25) is 0 Å². The molecule has 1 aromatic rings. The first-order valence-corrected chi connectivity index (χ1v) is 3.19. The maximum absolute atomic E-state index is 4.84. The van der Waals surface area contributed by atoms with E-state index in [1.807, 2.05) is 6.92 Å². The number of rotatable bonds is 3. The highest BCUT2D eigenvalue weighted by Crippen LogP contribution is 2.07. The molecule has 1 radical (unpaired) electrons. The van der Waals surface area contributed by atoms with E-state index in [1.165, 1.54) is 0 Å². The highest BCUT2D eigenvalue weighted by Gasteiger charge is 1.88. The maximum Gasteiger partial charge on any atom is 0.165 e. The van der Waals surface area contributed by atoms with Gasteiger partial charge in [0.1, 0.15) is 0 Å². The van der Waals surface area contributed by atoms with E-state index >= 15 is 0 Å². The first kappa shape index (κ1) is 7.09. The van der Waals surface area contributed by atoms with E-state index in [0.29, 0.717) is 12.4 Å². The molecule has 0 heterocycles. The molecule has 0 saturated carbocycles. The fourth-order valence-electron chi connectivity index (χ4n) is 0.554. The second kappa shape index (κ2) is 3.90. The van der Waals surface area contributed by atoms with Crippen LogP contribution in [-0.4, -0.2) is 6.61 Å². The minimum atomic E-state index is 0.554. The van der Waals surface area contributed by atoms with Gasteiger partial charge in [0.15, 0.2) is 5.75 Å². The molecule has 2 heteroatoms. The molecule has 53 valence electrons. The van der Waals surface area contributed by atoms with Crippen molar-refractivity contribution in [3.63, 3.8) is 0 Å². The molecule has 10 heavy (non-hydrogen) atoms. The molecule has 0 unspecified atom stereocenters. The van der Waals surface area contributed by atoms with Crippen LogP contribution < -0.4 is 4.89 Å². The van der Waals surface area contributed by atoms with Gasteiger partial charge in [-0.1, -0.05) is 12.1 Å². The van der Waals surface area contributed by atoms with Crippen LogP contribution in [0, 0.1) is 6.07 Å². The molecule has 0 N–H and O–H groups in total. The van der Waals surface area contributed by atoms with Crippen molar-refractivity contribution in [1.29, 1.82) is 0 Å². The van der Waals surface area contributed by atoms with Crippen LogP contribution in [0.15, 0.2) is 24.3 Å². The first-order chi connectivity index (χ1) is 4.93. The van der Waals surface area contributed by atoms with E-state index in [2.05, 4.69) is 6.07 Å². The van der Waals surface area contributed by atoms with Crippen molar-refractivity contribution in [3.05, 3.63) is 30.3 Å². The highest BCUT2D eigenvalue weighted by atomic mass is 17.2. The Morgan fingerprint density at radius 3 is 2.70 bits per heavy atom. The zero-order chi connectivity index (χ0) is 7.23. The molecule has 1 rings (SSSR count). The largest absolute Gasteiger partial charge is 0.338 e. The molecule has 0 bridgehead atoms. The summed E-state index contributed by atoms with van der Waals surface area (Å²) in [5, 5.41) is 0. The molecular formula is C8H9O2. The molecule has 0 aliphatic heterocycles. The molecular weight excluding hydrogens is 128 g/mol. The van der Waals surface area contributed by atoms with E-state index in [0.717, 1.165) is 0 Å². The third-order valence-corrected chi connectivity index (χ3v) is 0.961. The predicted molar refractivity (Wildman–Crippen MR) is 37.5 cm³/mol. The number of benzene rings is 1. The van der Waals surface area contributed by atoms with Gasteiger partial charge in [0, 0.05) is 0 Å². The lowest BCUT2D eigenvalue weighted by Gasteiger charge is -1.99. The predicted octanol–water partition coefficient (Wildman–Crippen LogP) is 1.82. The zero-order valence-corrected chi connectivity index (χ0v) is 5.83. The van der Waals surface area contributed by atoms with Crippen LogP contribution in [-0.2, 0) is 4.89 Å².